The Morgan fingerprint density at radius 2 is 1.89 bits per heavy atom. The van der Waals surface area contributed by atoms with Crippen LogP contribution < -0.4 is 5.48 Å². The zero-order valence-corrected chi connectivity index (χ0v) is 11.9. The highest BCUT2D eigenvalue weighted by molar-refractivity contribution is 6.37. The monoisotopic (exact) mass is 299 g/mol. The van der Waals surface area contributed by atoms with Gasteiger partial charge in [-0.2, -0.15) is 0 Å². The van der Waals surface area contributed by atoms with Crippen molar-refractivity contribution in [3.8, 4) is 0 Å². The topological polar surface area (TPSA) is 38.3 Å². The summed E-state index contributed by atoms with van der Waals surface area (Å²) in [6.45, 7) is 0. The lowest BCUT2D eigenvalue weighted by atomic mass is 10.2. The number of carbonyl (C=O) groups excluding carboxylic acids is 1. The van der Waals surface area contributed by atoms with E-state index in [2.05, 4.69) is 5.48 Å². The molecule has 102 valence electrons. The largest absolute Gasteiger partial charge is 0.270 e. The van der Waals surface area contributed by atoms with Gasteiger partial charge in [0.1, 0.15) is 0 Å². The van der Waals surface area contributed by atoms with Crippen LogP contribution in [0.25, 0.3) is 6.08 Å². The molecule has 1 N–H and O–H groups in total. The van der Waals surface area contributed by atoms with Gasteiger partial charge in [0, 0.05) is 21.7 Å². The van der Waals surface area contributed by atoms with Gasteiger partial charge < -0.3 is 0 Å². The van der Waals surface area contributed by atoms with Crippen LogP contribution >= 0.6 is 23.2 Å². The molecular weight excluding hydrogens is 285 g/mol. The lowest BCUT2D eigenvalue weighted by molar-refractivity contribution is -0.132. The van der Waals surface area contributed by atoms with Crippen molar-refractivity contribution >= 4 is 35.2 Å². The molecule has 0 atom stereocenters. The molecular formula is C14H15Cl2NO2. The first-order valence-electron chi connectivity index (χ1n) is 6.24. The van der Waals surface area contributed by atoms with Crippen molar-refractivity contribution in [2.24, 2.45) is 0 Å². The third-order valence-corrected chi connectivity index (χ3v) is 3.69. The SMILES string of the molecule is O=C(/C=C/c1c(Cl)cccc1Cl)NOC1CCCC1. The quantitative estimate of drug-likeness (QED) is 0.674. The average Bonchev–Trinajstić information content (AvgIpc) is 2.89. The van der Waals surface area contributed by atoms with Gasteiger partial charge in [0.15, 0.2) is 0 Å². The maximum absolute atomic E-state index is 11.6. The van der Waals surface area contributed by atoms with Crippen molar-refractivity contribution in [2.45, 2.75) is 31.8 Å². The lowest BCUT2D eigenvalue weighted by Crippen LogP contribution is -2.26. The first kappa shape index (κ1) is 14.4. The van der Waals surface area contributed by atoms with Crippen molar-refractivity contribution in [3.05, 3.63) is 39.9 Å². The zero-order chi connectivity index (χ0) is 13.7. The summed E-state index contributed by atoms with van der Waals surface area (Å²) in [7, 11) is 0. The molecule has 1 amide bonds. The number of amides is 1. The molecule has 0 unspecified atom stereocenters. The van der Waals surface area contributed by atoms with Gasteiger partial charge >= 0.3 is 0 Å². The summed E-state index contributed by atoms with van der Waals surface area (Å²) >= 11 is 12.0. The molecule has 3 nitrogen and oxygen atoms in total. The van der Waals surface area contributed by atoms with E-state index in [0.29, 0.717) is 15.6 Å². The van der Waals surface area contributed by atoms with Crippen molar-refractivity contribution in [1.29, 1.82) is 0 Å². The second-order valence-electron chi connectivity index (χ2n) is 4.46. The van der Waals surface area contributed by atoms with E-state index in [0.717, 1.165) is 25.7 Å². The third-order valence-electron chi connectivity index (χ3n) is 3.03. The second-order valence-corrected chi connectivity index (χ2v) is 5.27. The van der Waals surface area contributed by atoms with Gasteiger partial charge in [-0.1, -0.05) is 42.1 Å². The molecule has 2 rings (SSSR count). The van der Waals surface area contributed by atoms with E-state index in [1.54, 1.807) is 24.3 Å². The van der Waals surface area contributed by atoms with Gasteiger partial charge in [-0.05, 0) is 31.1 Å². The van der Waals surface area contributed by atoms with Crippen LogP contribution in [0.1, 0.15) is 31.2 Å². The molecule has 1 aliphatic carbocycles. The van der Waals surface area contributed by atoms with Crippen LogP contribution in [0.15, 0.2) is 24.3 Å². The second kappa shape index (κ2) is 6.94. The highest BCUT2D eigenvalue weighted by atomic mass is 35.5. The van der Waals surface area contributed by atoms with Crippen LogP contribution in [0, 0.1) is 0 Å². The van der Waals surface area contributed by atoms with Gasteiger partial charge in [0.05, 0.1) is 6.10 Å². The summed E-state index contributed by atoms with van der Waals surface area (Å²) in [6.07, 6.45) is 7.40. The number of nitrogens with one attached hydrogen (secondary N) is 1. The number of carbonyl (C=O) groups is 1. The molecule has 1 aliphatic rings. The van der Waals surface area contributed by atoms with Crippen LogP contribution in [-0.2, 0) is 9.63 Å². The van der Waals surface area contributed by atoms with Gasteiger partial charge in [-0.15, -0.1) is 0 Å². The minimum atomic E-state index is -0.317. The molecule has 5 heteroatoms. The lowest BCUT2D eigenvalue weighted by Gasteiger charge is -2.09. The molecule has 0 spiro atoms. The third kappa shape index (κ3) is 4.23. The van der Waals surface area contributed by atoms with Gasteiger partial charge in [-0.25, -0.2) is 5.48 Å². The van der Waals surface area contributed by atoms with E-state index >= 15 is 0 Å². The van der Waals surface area contributed by atoms with Crippen LogP contribution in [0.3, 0.4) is 0 Å². The number of rotatable bonds is 4. The van der Waals surface area contributed by atoms with E-state index in [1.807, 2.05) is 0 Å². The Bertz CT molecular complexity index is 462. The highest BCUT2D eigenvalue weighted by Crippen LogP contribution is 2.25. The summed E-state index contributed by atoms with van der Waals surface area (Å²) in [5.74, 6) is -0.317. The molecule has 0 radical (unpaired) electrons. The average molecular weight is 300 g/mol. The molecule has 19 heavy (non-hydrogen) atoms. The van der Waals surface area contributed by atoms with Gasteiger partial charge in [-0.3, -0.25) is 9.63 Å². The molecule has 1 saturated carbocycles. The normalized spacial score (nSPS) is 16.1. The molecule has 1 aromatic carbocycles. The Morgan fingerprint density at radius 1 is 1.26 bits per heavy atom. The van der Waals surface area contributed by atoms with Crippen molar-refractivity contribution in [3.63, 3.8) is 0 Å². The Labute approximate surface area is 122 Å². The molecule has 0 aromatic heterocycles. The summed E-state index contributed by atoms with van der Waals surface area (Å²) in [5.41, 5.74) is 3.05. The van der Waals surface area contributed by atoms with Gasteiger partial charge in [0.2, 0.25) is 0 Å². The van der Waals surface area contributed by atoms with E-state index in [4.69, 9.17) is 28.0 Å². The minimum Gasteiger partial charge on any atom is -0.270 e. The predicted octanol–water partition coefficient (Wildman–Crippen LogP) is 4.00. The predicted molar refractivity (Wildman–Crippen MR) is 77.0 cm³/mol. The van der Waals surface area contributed by atoms with Crippen LogP contribution in [0.5, 0.6) is 0 Å². The summed E-state index contributed by atoms with van der Waals surface area (Å²) in [4.78, 5) is 16.9. The molecule has 0 heterocycles. The maximum atomic E-state index is 11.6. The molecule has 0 saturated heterocycles. The first-order valence-corrected chi connectivity index (χ1v) is 7.00. The molecule has 0 bridgehead atoms. The number of benzene rings is 1. The molecule has 1 aromatic rings. The Kier molecular flexibility index (Phi) is 5.25. The minimum absolute atomic E-state index is 0.140. The van der Waals surface area contributed by atoms with E-state index < -0.39 is 0 Å². The fourth-order valence-electron chi connectivity index (χ4n) is 2.01. The summed E-state index contributed by atoms with van der Waals surface area (Å²) in [5, 5.41) is 1.02. The van der Waals surface area contributed by atoms with E-state index in [1.165, 1.54) is 6.08 Å². The molecule has 1 fully saturated rings. The standard InChI is InChI=1S/C14H15Cl2NO2/c15-12-6-3-7-13(16)11(12)8-9-14(18)17-19-10-4-1-2-5-10/h3,6-10H,1-2,4-5H2,(H,17,18)/b9-8+. The highest BCUT2D eigenvalue weighted by Gasteiger charge is 2.16. The first-order chi connectivity index (χ1) is 9.16. The summed E-state index contributed by atoms with van der Waals surface area (Å²) < 4.78 is 0. The molecule has 0 aliphatic heterocycles. The van der Waals surface area contributed by atoms with E-state index in [9.17, 15) is 4.79 Å². The smallest absolute Gasteiger partial charge is 0.267 e. The Morgan fingerprint density at radius 3 is 2.53 bits per heavy atom. The fourth-order valence-corrected chi connectivity index (χ4v) is 2.53. The number of halogens is 2. The van der Waals surface area contributed by atoms with Gasteiger partial charge in [0.25, 0.3) is 5.91 Å². The van der Waals surface area contributed by atoms with Crippen molar-refractivity contribution in [1.82, 2.24) is 5.48 Å². The van der Waals surface area contributed by atoms with Crippen molar-refractivity contribution < 1.29 is 9.63 Å². The van der Waals surface area contributed by atoms with Crippen molar-refractivity contribution in [2.75, 3.05) is 0 Å². The van der Waals surface area contributed by atoms with Crippen LogP contribution in [-0.4, -0.2) is 12.0 Å². The summed E-state index contributed by atoms with van der Waals surface area (Å²) in [6, 6.07) is 5.20. The van der Waals surface area contributed by atoms with Crippen LogP contribution in [0.2, 0.25) is 10.0 Å². The number of hydrogen-bond acceptors (Lipinski definition) is 2. The number of hydrogen-bond donors (Lipinski definition) is 1. The van der Waals surface area contributed by atoms with Crippen LogP contribution in [0.4, 0.5) is 0 Å². The Hall–Kier alpha value is -1.03. The maximum Gasteiger partial charge on any atom is 0.267 e. The zero-order valence-electron chi connectivity index (χ0n) is 10.4. The van der Waals surface area contributed by atoms with E-state index in [-0.39, 0.29) is 12.0 Å². The Balaban J connectivity index is 1.88. The number of hydroxylamine groups is 1. The fraction of sp³-hybridized carbons (Fsp3) is 0.357.